The first kappa shape index (κ1) is 12.2. The summed E-state index contributed by atoms with van der Waals surface area (Å²) in [6, 6.07) is 3.13. The van der Waals surface area contributed by atoms with Crippen molar-refractivity contribution in [3.8, 4) is 5.75 Å². The third-order valence-electron chi connectivity index (χ3n) is 1.85. The molecule has 0 amide bonds. The average Bonchev–Trinajstić information content (AvgIpc) is 2.16. The van der Waals surface area contributed by atoms with Gasteiger partial charge in [-0.2, -0.15) is 0 Å². The lowest BCUT2D eigenvalue weighted by molar-refractivity contribution is -0.385. The Balaban J connectivity index is 2.88. The largest absolute Gasteiger partial charge is 0.483 e. The number of nitrogens with zero attached hydrogens (tertiary/aromatic N) is 1. The van der Waals surface area contributed by atoms with Crippen LogP contribution in [0.1, 0.15) is 13.8 Å². The summed E-state index contributed by atoms with van der Waals surface area (Å²) in [5, 5.41) is 10.6. The van der Waals surface area contributed by atoms with Gasteiger partial charge in [0, 0.05) is 12.1 Å². The van der Waals surface area contributed by atoms with Gasteiger partial charge in [-0.1, -0.05) is 5.57 Å². The average molecular weight is 225 g/mol. The molecule has 0 bridgehead atoms. The second-order valence-corrected chi connectivity index (χ2v) is 3.46. The van der Waals surface area contributed by atoms with Gasteiger partial charge in [-0.05, 0) is 26.0 Å². The highest BCUT2D eigenvalue weighted by Gasteiger charge is 2.15. The molecule has 0 spiro atoms. The molecule has 1 aromatic rings. The quantitative estimate of drug-likeness (QED) is 0.449. The van der Waals surface area contributed by atoms with Crippen molar-refractivity contribution in [2.24, 2.45) is 0 Å². The van der Waals surface area contributed by atoms with Crippen LogP contribution in [0.5, 0.6) is 5.75 Å². The van der Waals surface area contributed by atoms with Gasteiger partial charge in [0.05, 0.1) is 4.92 Å². The van der Waals surface area contributed by atoms with Crippen molar-refractivity contribution in [3.05, 3.63) is 45.8 Å². The fraction of sp³-hybridized carbons (Fsp3) is 0.273. The predicted octanol–water partition coefficient (Wildman–Crippen LogP) is 3.08. The number of ether oxygens (including phenoxy) is 1. The second-order valence-electron chi connectivity index (χ2n) is 3.46. The Labute approximate surface area is 92.5 Å². The lowest BCUT2D eigenvalue weighted by Gasteiger charge is -2.04. The number of hydrogen-bond donors (Lipinski definition) is 0. The van der Waals surface area contributed by atoms with Crippen molar-refractivity contribution in [2.45, 2.75) is 13.8 Å². The van der Waals surface area contributed by atoms with E-state index in [0.717, 1.165) is 23.8 Å². The molecule has 0 radical (unpaired) electrons. The molecule has 1 aromatic carbocycles. The molecule has 0 heterocycles. The fourth-order valence-electron chi connectivity index (χ4n) is 1.05. The molecular weight excluding hydrogens is 213 g/mol. The van der Waals surface area contributed by atoms with E-state index in [2.05, 4.69) is 0 Å². The van der Waals surface area contributed by atoms with E-state index in [1.165, 1.54) is 0 Å². The highest BCUT2D eigenvalue weighted by molar-refractivity contribution is 5.46. The molecule has 0 aliphatic rings. The van der Waals surface area contributed by atoms with Crippen molar-refractivity contribution in [2.75, 3.05) is 6.61 Å². The van der Waals surface area contributed by atoms with Crippen molar-refractivity contribution in [1.82, 2.24) is 0 Å². The Morgan fingerprint density at radius 3 is 2.81 bits per heavy atom. The third-order valence-corrected chi connectivity index (χ3v) is 1.85. The van der Waals surface area contributed by atoms with Gasteiger partial charge in [0.1, 0.15) is 12.4 Å². The van der Waals surface area contributed by atoms with Gasteiger partial charge in [-0.25, -0.2) is 4.39 Å². The Kier molecular flexibility index (Phi) is 3.99. The van der Waals surface area contributed by atoms with Crippen LogP contribution < -0.4 is 4.74 Å². The first-order valence-electron chi connectivity index (χ1n) is 4.71. The minimum atomic E-state index is -0.600. The molecule has 0 atom stereocenters. The van der Waals surface area contributed by atoms with Gasteiger partial charge in [0.2, 0.25) is 0 Å². The number of benzene rings is 1. The predicted molar refractivity (Wildman–Crippen MR) is 58.0 cm³/mol. The first-order chi connectivity index (χ1) is 7.50. The smallest absolute Gasteiger partial charge is 0.311 e. The molecule has 0 N–H and O–H groups in total. The minimum absolute atomic E-state index is 0.0532. The summed E-state index contributed by atoms with van der Waals surface area (Å²) in [6.45, 7) is 3.94. The second kappa shape index (κ2) is 5.25. The number of nitro benzene ring substituents is 1. The van der Waals surface area contributed by atoms with Crippen molar-refractivity contribution < 1.29 is 14.1 Å². The molecule has 0 fully saturated rings. The van der Waals surface area contributed by atoms with Crippen molar-refractivity contribution >= 4 is 5.69 Å². The maximum Gasteiger partial charge on any atom is 0.311 e. The molecule has 16 heavy (non-hydrogen) atoms. The Morgan fingerprint density at radius 1 is 1.56 bits per heavy atom. The summed E-state index contributed by atoms with van der Waals surface area (Å²) in [7, 11) is 0. The molecule has 86 valence electrons. The Bertz CT molecular complexity index is 425. The van der Waals surface area contributed by atoms with E-state index in [0.29, 0.717) is 0 Å². The number of halogens is 1. The number of rotatable bonds is 4. The van der Waals surface area contributed by atoms with Crippen LogP contribution in [-0.2, 0) is 0 Å². The van der Waals surface area contributed by atoms with Crippen LogP contribution in [0.4, 0.5) is 10.1 Å². The highest BCUT2D eigenvalue weighted by atomic mass is 19.1. The maximum atomic E-state index is 12.9. The standard InChI is InChI=1S/C11H12FNO3/c1-8(2)5-6-16-11-7-9(12)3-4-10(11)13(14)15/h3-5,7H,6H2,1-2H3. The van der Waals surface area contributed by atoms with E-state index in [1.54, 1.807) is 6.08 Å². The van der Waals surface area contributed by atoms with Gasteiger partial charge in [-0.3, -0.25) is 10.1 Å². The summed E-state index contributed by atoms with van der Waals surface area (Å²) in [4.78, 5) is 10.0. The van der Waals surface area contributed by atoms with E-state index in [1.807, 2.05) is 13.8 Å². The van der Waals surface area contributed by atoms with Gasteiger partial charge in [0.25, 0.3) is 0 Å². The summed E-state index contributed by atoms with van der Waals surface area (Å²) >= 11 is 0. The molecule has 5 heteroatoms. The van der Waals surface area contributed by atoms with Gasteiger partial charge >= 0.3 is 5.69 Å². The molecular formula is C11H12FNO3. The zero-order chi connectivity index (χ0) is 12.1. The SMILES string of the molecule is CC(C)=CCOc1cc(F)ccc1[N+](=O)[O-]. The molecule has 0 saturated carbocycles. The van der Waals surface area contributed by atoms with Crippen molar-refractivity contribution in [3.63, 3.8) is 0 Å². The monoisotopic (exact) mass is 225 g/mol. The van der Waals surface area contributed by atoms with Gasteiger partial charge in [-0.15, -0.1) is 0 Å². The molecule has 0 unspecified atom stereocenters. The van der Waals surface area contributed by atoms with Crippen LogP contribution in [0.25, 0.3) is 0 Å². The lowest BCUT2D eigenvalue weighted by atomic mass is 10.3. The van der Waals surface area contributed by atoms with Crippen LogP contribution in [0.3, 0.4) is 0 Å². The van der Waals surface area contributed by atoms with Crippen LogP contribution in [0.2, 0.25) is 0 Å². The van der Waals surface area contributed by atoms with E-state index in [4.69, 9.17) is 4.74 Å². The van der Waals surface area contributed by atoms with E-state index >= 15 is 0 Å². The Morgan fingerprint density at radius 2 is 2.25 bits per heavy atom. The molecule has 0 saturated heterocycles. The molecule has 4 nitrogen and oxygen atoms in total. The summed E-state index contributed by atoms with van der Waals surface area (Å²) in [5.74, 6) is -0.611. The normalized spacial score (nSPS) is 9.69. The van der Waals surface area contributed by atoms with E-state index in [-0.39, 0.29) is 18.0 Å². The summed E-state index contributed by atoms with van der Waals surface area (Å²) < 4.78 is 18.0. The van der Waals surface area contributed by atoms with E-state index < -0.39 is 10.7 Å². The van der Waals surface area contributed by atoms with E-state index in [9.17, 15) is 14.5 Å². The number of nitro groups is 1. The molecule has 1 rings (SSSR count). The Hall–Kier alpha value is -1.91. The van der Waals surface area contributed by atoms with Crippen LogP contribution in [0.15, 0.2) is 29.8 Å². The molecule has 0 aliphatic carbocycles. The summed E-state index contributed by atoms with van der Waals surface area (Å²) in [5.41, 5.74) is 0.794. The third kappa shape index (κ3) is 3.34. The summed E-state index contributed by atoms with van der Waals surface area (Å²) in [6.07, 6.45) is 1.76. The highest BCUT2D eigenvalue weighted by Crippen LogP contribution is 2.27. The number of allylic oxidation sites excluding steroid dienone is 1. The molecule has 0 aromatic heterocycles. The maximum absolute atomic E-state index is 12.9. The van der Waals surface area contributed by atoms with Gasteiger partial charge in [0.15, 0.2) is 5.75 Å². The zero-order valence-corrected chi connectivity index (χ0v) is 9.07. The molecule has 0 aliphatic heterocycles. The minimum Gasteiger partial charge on any atom is -0.483 e. The topological polar surface area (TPSA) is 52.4 Å². The zero-order valence-electron chi connectivity index (χ0n) is 9.07. The number of hydrogen-bond acceptors (Lipinski definition) is 3. The lowest BCUT2D eigenvalue weighted by Crippen LogP contribution is -1.99. The first-order valence-corrected chi connectivity index (χ1v) is 4.71. The van der Waals surface area contributed by atoms with Crippen LogP contribution in [0, 0.1) is 15.9 Å². The van der Waals surface area contributed by atoms with Gasteiger partial charge < -0.3 is 4.74 Å². The van der Waals surface area contributed by atoms with Crippen LogP contribution in [-0.4, -0.2) is 11.5 Å². The van der Waals surface area contributed by atoms with Crippen LogP contribution >= 0.6 is 0 Å². The van der Waals surface area contributed by atoms with Crippen molar-refractivity contribution in [1.29, 1.82) is 0 Å². The fourth-order valence-corrected chi connectivity index (χ4v) is 1.05.